The van der Waals surface area contributed by atoms with E-state index in [1.54, 1.807) is 0 Å². The van der Waals surface area contributed by atoms with Gasteiger partial charge in [-0.1, -0.05) is 18.2 Å². The number of nitrogens with zero attached hydrogens (tertiary/aromatic N) is 1. The minimum Gasteiger partial charge on any atom is -0.395 e. The van der Waals surface area contributed by atoms with Crippen molar-refractivity contribution in [1.29, 1.82) is 0 Å². The Bertz CT molecular complexity index is 302. The minimum atomic E-state index is 0.210. The van der Waals surface area contributed by atoms with Crippen molar-refractivity contribution in [3.8, 4) is 0 Å². The molecular weight excluding hydrogens is 186 g/mol. The summed E-state index contributed by atoms with van der Waals surface area (Å²) in [5, 5.41) is 9.08. The van der Waals surface area contributed by atoms with Crippen LogP contribution in [0.1, 0.15) is 23.6 Å². The van der Waals surface area contributed by atoms with Crippen molar-refractivity contribution in [3.63, 3.8) is 0 Å². The summed E-state index contributed by atoms with van der Waals surface area (Å²) in [6, 6.07) is 6.58. The first-order valence-electron chi connectivity index (χ1n) is 5.42. The lowest BCUT2D eigenvalue weighted by atomic mass is 10.0. The van der Waals surface area contributed by atoms with Crippen molar-refractivity contribution in [3.05, 3.63) is 34.9 Å². The molecule has 0 amide bonds. The third kappa shape index (κ3) is 3.05. The Morgan fingerprint density at radius 2 is 1.80 bits per heavy atom. The maximum Gasteiger partial charge on any atom is 0.0584 e. The molecule has 0 saturated carbocycles. The lowest BCUT2D eigenvalue weighted by Gasteiger charge is -2.24. The second-order valence-corrected chi connectivity index (χ2v) is 4.32. The standard InChI is InChI=1S/C13H21NO/c1-10-6-5-7-11(2)13(10)8-14(4)12(3)9-15/h5-7,12,15H,8-9H2,1-4H3. The molecule has 1 aromatic carbocycles. The molecular formula is C13H21NO. The summed E-state index contributed by atoms with van der Waals surface area (Å²) in [6.45, 7) is 7.43. The van der Waals surface area contributed by atoms with E-state index in [1.807, 2.05) is 14.0 Å². The second-order valence-electron chi connectivity index (χ2n) is 4.32. The summed E-state index contributed by atoms with van der Waals surface area (Å²) in [6.07, 6.45) is 0. The van der Waals surface area contributed by atoms with Gasteiger partial charge in [-0.2, -0.15) is 0 Å². The normalized spacial score (nSPS) is 13.2. The highest BCUT2D eigenvalue weighted by molar-refractivity contribution is 5.33. The van der Waals surface area contributed by atoms with Gasteiger partial charge in [0, 0.05) is 12.6 Å². The van der Waals surface area contributed by atoms with Crippen molar-refractivity contribution in [1.82, 2.24) is 4.90 Å². The van der Waals surface area contributed by atoms with Gasteiger partial charge >= 0.3 is 0 Å². The number of aryl methyl sites for hydroxylation is 2. The summed E-state index contributed by atoms with van der Waals surface area (Å²) in [5.74, 6) is 0. The maximum absolute atomic E-state index is 9.08. The Balaban J connectivity index is 2.80. The molecule has 1 unspecified atom stereocenters. The molecule has 2 heteroatoms. The Morgan fingerprint density at radius 1 is 1.27 bits per heavy atom. The number of benzene rings is 1. The van der Waals surface area contributed by atoms with Gasteiger partial charge in [-0.3, -0.25) is 4.90 Å². The lowest BCUT2D eigenvalue weighted by Crippen LogP contribution is -2.31. The molecule has 1 N–H and O–H groups in total. The predicted molar refractivity (Wildman–Crippen MR) is 63.9 cm³/mol. The monoisotopic (exact) mass is 207 g/mol. The zero-order valence-corrected chi connectivity index (χ0v) is 10.1. The Kier molecular flexibility index (Phi) is 4.30. The summed E-state index contributed by atoms with van der Waals surface area (Å²) >= 11 is 0. The van der Waals surface area contributed by atoms with Gasteiger partial charge in [-0.05, 0) is 44.5 Å². The van der Waals surface area contributed by atoms with E-state index in [2.05, 4.69) is 36.9 Å². The lowest BCUT2D eigenvalue weighted by molar-refractivity contribution is 0.153. The average molecular weight is 207 g/mol. The molecule has 2 nitrogen and oxygen atoms in total. The topological polar surface area (TPSA) is 23.5 Å². The number of hydrogen-bond acceptors (Lipinski definition) is 2. The summed E-state index contributed by atoms with van der Waals surface area (Å²) in [4.78, 5) is 2.18. The van der Waals surface area contributed by atoms with E-state index in [4.69, 9.17) is 5.11 Å². The van der Waals surface area contributed by atoms with Crippen molar-refractivity contribution >= 4 is 0 Å². The SMILES string of the molecule is Cc1cccc(C)c1CN(C)C(C)CO. The van der Waals surface area contributed by atoms with E-state index in [0.717, 1.165) is 6.54 Å². The number of rotatable bonds is 4. The van der Waals surface area contributed by atoms with Crippen LogP contribution in [0.2, 0.25) is 0 Å². The van der Waals surface area contributed by atoms with Gasteiger partial charge in [0.2, 0.25) is 0 Å². The zero-order valence-electron chi connectivity index (χ0n) is 10.1. The van der Waals surface area contributed by atoms with Crippen LogP contribution in [0.25, 0.3) is 0 Å². The molecule has 0 saturated heterocycles. The van der Waals surface area contributed by atoms with Crippen LogP contribution in [-0.2, 0) is 6.54 Å². The first-order valence-corrected chi connectivity index (χ1v) is 5.42. The number of aliphatic hydroxyl groups is 1. The maximum atomic E-state index is 9.08. The van der Waals surface area contributed by atoms with E-state index < -0.39 is 0 Å². The third-order valence-corrected chi connectivity index (χ3v) is 3.07. The van der Waals surface area contributed by atoms with E-state index in [9.17, 15) is 0 Å². The molecule has 0 radical (unpaired) electrons. The van der Waals surface area contributed by atoms with Gasteiger partial charge < -0.3 is 5.11 Å². The van der Waals surface area contributed by atoms with E-state index in [1.165, 1.54) is 16.7 Å². The van der Waals surface area contributed by atoms with Crippen LogP contribution in [-0.4, -0.2) is 29.7 Å². The quantitative estimate of drug-likeness (QED) is 0.817. The van der Waals surface area contributed by atoms with Crippen molar-refractivity contribution in [2.24, 2.45) is 0 Å². The van der Waals surface area contributed by atoms with Crippen LogP contribution < -0.4 is 0 Å². The first kappa shape index (κ1) is 12.2. The molecule has 0 aliphatic rings. The van der Waals surface area contributed by atoms with Crippen molar-refractivity contribution in [2.75, 3.05) is 13.7 Å². The molecule has 0 heterocycles. The van der Waals surface area contributed by atoms with Gasteiger partial charge in [-0.15, -0.1) is 0 Å². The Morgan fingerprint density at radius 3 is 2.27 bits per heavy atom. The second kappa shape index (κ2) is 5.29. The summed E-state index contributed by atoms with van der Waals surface area (Å²) < 4.78 is 0. The molecule has 0 aliphatic heterocycles. The van der Waals surface area contributed by atoms with E-state index in [-0.39, 0.29) is 12.6 Å². The molecule has 1 rings (SSSR count). The largest absolute Gasteiger partial charge is 0.395 e. The molecule has 0 aliphatic carbocycles. The van der Waals surface area contributed by atoms with Crippen LogP contribution in [0.5, 0.6) is 0 Å². The molecule has 15 heavy (non-hydrogen) atoms. The zero-order chi connectivity index (χ0) is 11.4. The van der Waals surface area contributed by atoms with Gasteiger partial charge in [0.1, 0.15) is 0 Å². The smallest absolute Gasteiger partial charge is 0.0584 e. The summed E-state index contributed by atoms with van der Waals surface area (Å²) in [7, 11) is 2.05. The predicted octanol–water partition coefficient (Wildman–Crippen LogP) is 2.12. The molecule has 0 fully saturated rings. The van der Waals surface area contributed by atoms with Gasteiger partial charge in [0.05, 0.1) is 6.61 Å². The van der Waals surface area contributed by atoms with Gasteiger partial charge in [0.25, 0.3) is 0 Å². The fraction of sp³-hybridized carbons (Fsp3) is 0.538. The van der Waals surface area contributed by atoms with Gasteiger partial charge in [0.15, 0.2) is 0 Å². The van der Waals surface area contributed by atoms with Gasteiger partial charge in [-0.25, -0.2) is 0 Å². The molecule has 0 spiro atoms. The van der Waals surface area contributed by atoms with Crippen molar-refractivity contribution in [2.45, 2.75) is 33.4 Å². The van der Waals surface area contributed by atoms with Crippen LogP contribution in [0.3, 0.4) is 0 Å². The Hall–Kier alpha value is -0.860. The highest BCUT2D eigenvalue weighted by Crippen LogP contribution is 2.15. The van der Waals surface area contributed by atoms with Crippen LogP contribution in [0.15, 0.2) is 18.2 Å². The molecule has 1 atom stereocenters. The fourth-order valence-corrected chi connectivity index (χ4v) is 1.64. The number of likely N-dealkylation sites (N-methyl/N-ethyl adjacent to an activating group) is 1. The first-order chi connectivity index (χ1) is 7.06. The number of aliphatic hydroxyl groups excluding tert-OH is 1. The minimum absolute atomic E-state index is 0.210. The van der Waals surface area contributed by atoms with E-state index in [0.29, 0.717) is 0 Å². The number of hydrogen-bond donors (Lipinski definition) is 1. The van der Waals surface area contributed by atoms with Crippen LogP contribution in [0.4, 0.5) is 0 Å². The summed E-state index contributed by atoms with van der Waals surface area (Å²) in [5.41, 5.74) is 4.03. The third-order valence-electron chi connectivity index (χ3n) is 3.07. The highest BCUT2D eigenvalue weighted by Gasteiger charge is 2.10. The molecule has 1 aromatic rings. The highest BCUT2D eigenvalue weighted by atomic mass is 16.3. The molecule has 84 valence electrons. The van der Waals surface area contributed by atoms with E-state index >= 15 is 0 Å². The Labute approximate surface area is 92.5 Å². The van der Waals surface area contributed by atoms with Crippen LogP contribution >= 0.6 is 0 Å². The van der Waals surface area contributed by atoms with Crippen LogP contribution in [0, 0.1) is 13.8 Å². The fourth-order valence-electron chi connectivity index (χ4n) is 1.64. The molecule has 0 bridgehead atoms. The molecule has 0 aromatic heterocycles. The average Bonchev–Trinajstić information content (AvgIpc) is 2.22. The van der Waals surface area contributed by atoms with Crippen molar-refractivity contribution < 1.29 is 5.11 Å².